The zero-order valence-electron chi connectivity index (χ0n) is 23.3. The number of ether oxygens (including phenoxy) is 1. The smallest absolute Gasteiger partial charge is 0.381 e. The van der Waals surface area contributed by atoms with Crippen LogP contribution >= 0.6 is 11.3 Å². The van der Waals surface area contributed by atoms with Crippen molar-refractivity contribution in [1.82, 2.24) is 20.5 Å². The molecule has 0 spiro atoms. The second-order valence-corrected chi connectivity index (χ2v) is 13.0. The van der Waals surface area contributed by atoms with Crippen LogP contribution in [0.3, 0.4) is 0 Å². The Morgan fingerprint density at radius 3 is 2.48 bits per heavy atom. The van der Waals surface area contributed by atoms with Gasteiger partial charge in [0.2, 0.25) is 0 Å². The van der Waals surface area contributed by atoms with Crippen LogP contribution in [0, 0.1) is 5.92 Å². The molecule has 1 aliphatic carbocycles. The van der Waals surface area contributed by atoms with Crippen molar-refractivity contribution in [3.8, 4) is 21.6 Å². The summed E-state index contributed by atoms with van der Waals surface area (Å²) >= 11 is 1.38. The van der Waals surface area contributed by atoms with Gasteiger partial charge >= 0.3 is 6.18 Å². The van der Waals surface area contributed by atoms with Crippen molar-refractivity contribution < 1.29 is 22.7 Å². The number of carbonyl (C=O) groups is 1. The first kappa shape index (κ1) is 28.8. The van der Waals surface area contributed by atoms with E-state index in [1.54, 1.807) is 6.07 Å². The molecule has 6 nitrogen and oxygen atoms in total. The number of nitrogens with zero attached hydrogens (tertiary/aromatic N) is 2. The van der Waals surface area contributed by atoms with Crippen LogP contribution in [0.25, 0.3) is 21.6 Å². The molecule has 1 aromatic carbocycles. The molecule has 1 amide bonds. The number of H-pyrrole nitrogens is 1. The van der Waals surface area contributed by atoms with Crippen LogP contribution < -0.4 is 5.32 Å². The Kier molecular flexibility index (Phi) is 8.38. The van der Waals surface area contributed by atoms with Gasteiger partial charge in [0, 0.05) is 24.8 Å². The number of benzene rings is 1. The molecule has 3 aromatic rings. The Bertz CT molecular complexity index is 1330. The van der Waals surface area contributed by atoms with E-state index < -0.39 is 17.3 Å². The van der Waals surface area contributed by atoms with Crippen LogP contribution in [0.4, 0.5) is 13.2 Å². The predicted molar refractivity (Wildman–Crippen MR) is 150 cm³/mol. The minimum atomic E-state index is -4.54. The third-order valence-corrected chi connectivity index (χ3v) is 9.10. The lowest BCUT2D eigenvalue weighted by atomic mass is 9.80. The lowest BCUT2D eigenvalue weighted by Gasteiger charge is -2.24. The van der Waals surface area contributed by atoms with E-state index in [0.717, 1.165) is 53.8 Å². The minimum absolute atomic E-state index is 0.0345. The number of alkyl halides is 3. The molecule has 1 saturated heterocycles. The third kappa shape index (κ3) is 6.43. The average Bonchev–Trinajstić information content (AvgIpc) is 3.57. The van der Waals surface area contributed by atoms with Crippen LogP contribution in [0.1, 0.15) is 92.5 Å². The number of halogens is 3. The van der Waals surface area contributed by atoms with Gasteiger partial charge in [-0.3, -0.25) is 9.89 Å². The summed E-state index contributed by atoms with van der Waals surface area (Å²) in [6, 6.07) is 5.65. The maximum Gasteiger partial charge on any atom is 0.433 e. The van der Waals surface area contributed by atoms with Gasteiger partial charge in [-0.1, -0.05) is 65.0 Å². The SMILES string of the molecule is CC(C)(C)c1cc(-c2sc(C(=O)NC3CCOCC3)nc2CC2CCCCC2)ccc1-c1cn[nH]c1C(F)(F)F. The van der Waals surface area contributed by atoms with E-state index in [0.29, 0.717) is 29.7 Å². The van der Waals surface area contributed by atoms with E-state index in [1.165, 1.54) is 36.8 Å². The molecule has 10 heteroatoms. The van der Waals surface area contributed by atoms with Gasteiger partial charge in [-0.2, -0.15) is 18.3 Å². The Hall–Kier alpha value is -2.72. The Balaban J connectivity index is 1.54. The molecule has 5 rings (SSSR count). The van der Waals surface area contributed by atoms with Gasteiger partial charge < -0.3 is 10.1 Å². The van der Waals surface area contributed by atoms with Gasteiger partial charge in [-0.25, -0.2) is 4.98 Å². The maximum absolute atomic E-state index is 13.7. The highest BCUT2D eigenvalue weighted by molar-refractivity contribution is 7.17. The number of aromatic nitrogens is 3. The molecule has 2 fully saturated rings. The molecule has 0 atom stereocenters. The van der Waals surface area contributed by atoms with Crippen molar-refractivity contribution in [1.29, 1.82) is 0 Å². The molecule has 0 radical (unpaired) electrons. The Morgan fingerprint density at radius 2 is 1.80 bits per heavy atom. The Morgan fingerprint density at radius 1 is 1.07 bits per heavy atom. The second kappa shape index (κ2) is 11.6. The molecular weight excluding hydrogens is 537 g/mol. The Labute approximate surface area is 237 Å². The molecule has 2 N–H and O–H groups in total. The molecule has 3 heterocycles. The zero-order valence-corrected chi connectivity index (χ0v) is 24.1. The third-order valence-electron chi connectivity index (χ3n) is 7.96. The summed E-state index contributed by atoms with van der Waals surface area (Å²) in [5, 5.41) is 9.41. The number of rotatable bonds is 6. The van der Waals surface area contributed by atoms with E-state index in [2.05, 4.69) is 15.5 Å². The van der Waals surface area contributed by atoms with Crippen LogP contribution in [-0.2, 0) is 22.7 Å². The summed E-state index contributed by atoms with van der Waals surface area (Å²) in [6.45, 7) is 7.24. The van der Waals surface area contributed by atoms with Gasteiger partial charge in [0.05, 0.1) is 16.8 Å². The van der Waals surface area contributed by atoms with Gasteiger partial charge in [-0.15, -0.1) is 11.3 Å². The number of carbonyl (C=O) groups excluding carboxylic acids is 1. The summed E-state index contributed by atoms with van der Waals surface area (Å²) in [5.74, 6) is 0.344. The molecule has 216 valence electrons. The fourth-order valence-electron chi connectivity index (χ4n) is 5.81. The van der Waals surface area contributed by atoms with Gasteiger partial charge in [0.1, 0.15) is 5.69 Å². The first-order valence-corrected chi connectivity index (χ1v) is 15.0. The number of amides is 1. The van der Waals surface area contributed by atoms with Crippen LogP contribution in [-0.4, -0.2) is 40.3 Å². The summed E-state index contributed by atoms with van der Waals surface area (Å²) in [5.41, 5.74) is 1.79. The highest BCUT2D eigenvalue weighted by atomic mass is 32.1. The van der Waals surface area contributed by atoms with Crippen molar-refractivity contribution in [3.05, 3.63) is 46.4 Å². The topological polar surface area (TPSA) is 79.9 Å². The normalized spacial score (nSPS) is 17.8. The molecule has 1 aliphatic heterocycles. The van der Waals surface area contributed by atoms with Crippen molar-refractivity contribution in [2.75, 3.05) is 13.2 Å². The zero-order chi connectivity index (χ0) is 28.5. The summed E-state index contributed by atoms with van der Waals surface area (Å²) in [7, 11) is 0. The monoisotopic (exact) mass is 574 g/mol. The van der Waals surface area contributed by atoms with Gasteiger partial charge in [0.25, 0.3) is 5.91 Å². The number of thiazole rings is 1. The van der Waals surface area contributed by atoms with Gasteiger partial charge in [0.15, 0.2) is 5.01 Å². The molecule has 2 aromatic heterocycles. The fourth-order valence-corrected chi connectivity index (χ4v) is 6.81. The molecule has 40 heavy (non-hydrogen) atoms. The minimum Gasteiger partial charge on any atom is -0.381 e. The van der Waals surface area contributed by atoms with Crippen molar-refractivity contribution in [3.63, 3.8) is 0 Å². The first-order valence-electron chi connectivity index (χ1n) is 14.1. The largest absolute Gasteiger partial charge is 0.433 e. The van der Waals surface area contributed by atoms with Crippen molar-refractivity contribution in [2.45, 2.75) is 89.8 Å². The van der Waals surface area contributed by atoms with Crippen molar-refractivity contribution >= 4 is 17.2 Å². The maximum atomic E-state index is 13.7. The second-order valence-electron chi connectivity index (χ2n) is 12.0. The summed E-state index contributed by atoms with van der Waals surface area (Å²) in [6.07, 6.45) is 5.01. The standard InChI is InChI=1S/C30H37F3N4O2S/c1-29(2,3)23-16-19(9-10-21(23)22-17-34-37-26(22)30(31,32)33)25-24(15-18-7-5-4-6-8-18)36-28(40-25)27(38)35-20-11-13-39-14-12-20/h9-10,16-18,20H,4-8,11-15H2,1-3H3,(H,34,37)(H,35,38). The van der Waals surface area contributed by atoms with E-state index in [1.807, 2.05) is 32.9 Å². The summed E-state index contributed by atoms with van der Waals surface area (Å²) in [4.78, 5) is 19.0. The van der Waals surface area contributed by atoms with Crippen LogP contribution in [0.2, 0.25) is 0 Å². The van der Waals surface area contributed by atoms with E-state index >= 15 is 0 Å². The van der Waals surface area contributed by atoms with Crippen LogP contribution in [0.5, 0.6) is 0 Å². The number of hydrogen-bond donors (Lipinski definition) is 2. The quantitative estimate of drug-likeness (QED) is 0.319. The average molecular weight is 575 g/mol. The molecule has 0 unspecified atom stereocenters. The lowest BCUT2D eigenvalue weighted by Crippen LogP contribution is -2.38. The highest BCUT2D eigenvalue weighted by Crippen LogP contribution is 2.43. The first-order chi connectivity index (χ1) is 19.0. The molecule has 2 aliphatic rings. The fraction of sp³-hybridized carbons (Fsp3) is 0.567. The number of aromatic amines is 1. The molecular formula is C30H37F3N4O2S. The van der Waals surface area contributed by atoms with E-state index in [9.17, 15) is 18.0 Å². The lowest BCUT2D eigenvalue weighted by molar-refractivity contribution is -0.140. The predicted octanol–water partition coefficient (Wildman–Crippen LogP) is 7.55. The van der Waals surface area contributed by atoms with E-state index in [4.69, 9.17) is 9.72 Å². The highest BCUT2D eigenvalue weighted by Gasteiger charge is 2.37. The summed E-state index contributed by atoms with van der Waals surface area (Å²) < 4.78 is 46.6. The van der Waals surface area contributed by atoms with Crippen molar-refractivity contribution in [2.24, 2.45) is 5.92 Å². The number of hydrogen-bond acceptors (Lipinski definition) is 5. The molecule has 1 saturated carbocycles. The molecule has 0 bridgehead atoms. The van der Waals surface area contributed by atoms with Crippen LogP contribution in [0.15, 0.2) is 24.4 Å². The van der Waals surface area contributed by atoms with Gasteiger partial charge in [-0.05, 0) is 53.4 Å². The van der Waals surface area contributed by atoms with E-state index in [-0.39, 0.29) is 17.5 Å². The number of nitrogens with one attached hydrogen (secondary N) is 2.